The van der Waals surface area contributed by atoms with Crippen LogP contribution in [-0.4, -0.2) is 6.88 Å². The van der Waals surface area contributed by atoms with Gasteiger partial charge >= 0.3 is 30.2 Å². The van der Waals surface area contributed by atoms with Gasteiger partial charge in [0.25, 0.3) is 0 Å². The Morgan fingerprint density at radius 1 is 0.512 bits per heavy atom. The third-order valence-electron chi connectivity index (χ3n) is 7.58. The second-order valence-electron chi connectivity index (χ2n) is 9.80. The normalized spacial score (nSPS) is 9.86. The van der Waals surface area contributed by atoms with Crippen molar-refractivity contribution in [3.05, 3.63) is 160 Å². The number of halogens is 2. The average Bonchev–Trinajstić information content (AvgIpc) is 3.58. The van der Waals surface area contributed by atoms with Crippen LogP contribution in [0.3, 0.4) is 0 Å². The molecule has 0 heterocycles. The zero-order valence-electron chi connectivity index (χ0n) is 24.6. The molecule has 8 aromatic rings. The SMILES string of the molecule is Cc1c[cH-]c2cccc(-c3cc4ccccc4c4ccccc34)c12.Cl.Cl.[CH3-].[CH3-].[Si]=[Zr].c1ccc2c(c1)[cH-]c1ccccc12. The number of fused-ring (bicyclic) bond motifs is 7. The molecule has 0 amide bonds. The van der Waals surface area contributed by atoms with Crippen molar-refractivity contribution in [1.82, 2.24) is 0 Å². The van der Waals surface area contributed by atoms with E-state index in [9.17, 15) is 0 Å². The number of hydrogen-bond acceptors (Lipinski definition) is 0. The maximum atomic E-state index is 3.06. The minimum Gasteiger partial charge on any atom is -0.126 e. The van der Waals surface area contributed by atoms with Gasteiger partial charge in [0.2, 0.25) is 0 Å². The quantitative estimate of drug-likeness (QED) is 0.0913. The van der Waals surface area contributed by atoms with Crippen LogP contribution in [0.5, 0.6) is 0 Å². The van der Waals surface area contributed by atoms with Crippen molar-refractivity contribution >= 4 is 85.6 Å². The molecular weight excluding hydrogens is 659 g/mol. The number of hydrogen-bond donors (Lipinski definition) is 0. The fourth-order valence-corrected chi connectivity index (χ4v) is 5.85. The largest absolute Gasteiger partial charge is 0.126 e. The summed E-state index contributed by atoms with van der Waals surface area (Å²) in [6.45, 7) is 5.27. The summed E-state index contributed by atoms with van der Waals surface area (Å²) in [7, 11) is 0. The summed E-state index contributed by atoms with van der Waals surface area (Å²) in [5, 5.41) is 13.4. The van der Waals surface area contributed by atoms with E-state index >= 15 is 0 Å². The summed E-state index contributed by atoms with van der Waals surface area (Å²) in [6, 6.07) is 50.1. The van der Waals surface area contributed by atoms with Gasteiger partial charge in [-0.05, 0) is 33.2 Å². The second-order valence-corrected chi connectivity index (χ2v) is 9.80. The Labute approximate surface area is 284 Å². The molecule has 0 saturated carbocycles. The summed E-state index contributed by atoms with van der Waals surface area (Å²) < 4.78 is 0. The molecule has 0 unspecified atom stereocenters. The van der Waals surface area contributed by atoms with E-state index in [1.807, 2.05) is 0 Å². The van der Waals surface area contributed by atoms with Crippen LogP contribution < -0.4 is 0 Å². The predicted molar refractivity (Wildman–Crippen MR) is 195 cm³/mol. The molecule has 4 heteroatoms. The Morgan fingerprint density at radius 3 is 1.63 bits per heavy atom. The molecule has 0 aliphatic rings. The molecule has 0 spiro atoms. The van der Waals surface area contributed by atoms with E-state index < -0.39 is 0 Å². The zero-order chi connectivity index (χ0) is 26.8. The summed E-state index contributed by atoms with van der Waals surface area (Å²) >= 11 is 1.36. The first kappa shape index (κ1) is 36.2. The maximum Gasteiger partial charge on any atom is -0.0771 e. The average molecular weight is 693 g/mol. The molecule has 43 heavy (non-hydrogen) atoms. The third kappa shape index (κ3) is 6.89. The van der Waals surface area contributed by atoms with Crippen LogP contribution in [-0.2, 0) is 23.3 Å². The van der Waals surface area contributed by atoms with Gasteiger partial charge in [-0.3, -0.25) is 0 Å². The predicted octanol–water partition coefficient (Wildman–Crippen LogP) is 11.9. The standard InChI is InChI=1S/C24H17.C13H9.2CH3.2ClH.Si.Zr/c1-16-13-14-17-8-6-12-22(24(16)17)23-15-18-7-2-3-9-19(18)20-10-4-5-11-21(20)23;1-3-7-12-10(5-1)9-11-6-2-4-8-13(11)12;;;;;;/h2-15H,1H3;1-9H;2*1H3;2*1H;;/q4*-1;;;;. The minimum atomic E-state index is 0. The summed E-state index contributed by atoms with van der Waals surface area (Å²) in [5.41, 5.74) is 4.00. The van der Waals surface area contributed by atoms with Gasteiger partial charge in [0, 0.05) is 0 Å². The fraction of sp³-hybridized carbons (Fsp3) is 0.0256. The van der Waals surface area contributed by atoms with E-state index in [0.29, 0.717) is 0 Å². The van der Waals surface area contributed by atoms with E-state index in [-0.39, 0.29) is 39.7 Å². The van der Waals surface area contributed by atoms with Crippen LogP contribution >= 0.6 is 24.8 Å². The molecule has 8 aromatic carbocycles. The van der Waals surface area contributed by atoms with Crippen LogP contribution in [0.15, 0.2) is 140 Å². The molecule has 0 bridgehead atoms. The van der Waals surface area contributed by atoms with Gasteiger partial charge in [0.15, 0.2) is 0 Å². The molecule has 0 fully saturated rings. The molecule has 216 valence electrons. The Balaban J connectivity index is 0.000000293. The first-order valence-corrected chi connectivity index (χ1v) is 17.3. The third-order valence-corrected chi connectivity index (χ3v) is 7.58. The monoisotopic (exact) mass is 690 g/mol. The van der Waals surface area contributed by atoms with Crippen molar-refractivity contribution in [3.8, 4) is 11.1 Å². The van der Waals surface area contributed by atoms with Gasteiger partial charge in [0.05, 0.1) is 0 Å². The zero-order valence-corrected chi connectivity index (χ0v) is 29.7. The number of aryl methyl sites for hydroxylation is 1. The van der Waals surface area contributed by atoms with Crippen molar-refractivity contribution in [2.24, 2.45) is 0 Å². The first-order valence-electron chi connectivity index (χ1n) is 13.1. The minimum absolute atomic E-state index is 0. The summed E-state index contributed by atoms with van der Waals surface area (Å²) in [4.78, 5) is 0. The molecule has 2 radical (unpaired) electrons. The van der Waals surface area contributed by atoms with E-state index in [1.165, 1.54) is 93.9 Å². The van der Waals surface area contributed by atoms with Crippen molar-refractivity contribution in [3.63, 3.8) is 0 Å². The van der Waals surface area contributed by atoms with Crippen LogP contribution in [0.1, 0.15) is 5.56 Å². The fourth-order valence-electron chi connectivity index (χ4n) is 5.85. The van der Waals surface area contributed by atoms with Gasteiger partial charge < -0.3 is 14.9 Å². The van der Waals surface area contributed by atoms with E-state index in [0.717, 1.165) is 0 Å². The van der Waals surface area contributed by atoms with Crippen LogP contribution in [0.25, 0.3) is 65.0 Å². The maximum absolute atomic E-state index is 3.06. The van der Waals surface area contributed by atoms with Crippen molar-refractivity contribution in [1.29, 1.82) is 0 Å². The molecule has 0 atom stereocenters. The molecule has 0 saturated heterocycles. The Hall–Kier alpha value is -3.00. The molecule has 0 aromatic heterocycles. The van der Waals surface area contributed by atoms with E-state index in [4.69, 9.17) is 0 Å². The van der Waals surface area contributed by atoms with Gasteiger partial charge in [-0.2, -0.15) is 11.6 Å². The van der Waals surface area contributed by atoms with Gasteiger partial charge in [-0.1, -0.05) is 103 Å². The van der Waals surface area contributed by atoms with E-state index in [2.05, 4.69) is 153 Å². The number of rotatable bonds is 1. The summed E-state index contributed by atoms with van der Waals surface area (Å²) in [6.07, 6.45) is 0. The van der Waals surface area contributed by atoms with E-state index in [1.54, 1.807) is 0 Å². The molecule has 0 nitrogen and oxygen atoms in total. The van der Waals surface area contributed by atoms with Crippen molar-refractivity contribution in [2.75, 3.05) is 0 Å². The molecular formula is C39H34Cl2SiZr-4. The molecule has 0 aliphatic heterocycles. The van der Waals surface area contributed by atoms with Crippen molar-refractivity contribution < 1.29 is 23.3 Å². The van der Waals surface area contributed by atoms with Crippen LogP contribution in [0.4, 0.5) is 0 Å². The Morgan fingerprint density at radius 2 is 1.00 bits per heavy atom. The van der Waals surface area contributed by atoms with Gasteiger partial charge in [-0.15, -0.1) is 93.5 Å². The molecule has 0 N–H and O–H groups in total. The van der Waals surface area contributed by atoms with Crippen molar-refractivity contribution in [2.45, 2.75) is 6.92 Å². The smallest absolute Gasteiger partial charge is 0.0771 e. The second kappa shape index (κ2) is 16.2. The summed E-state index contributed by atoms with van der Waals surface area (Å²) in [5.74, 6) is 0. The first-order chi connectivity index (χ1) is 19.3. The van der Waals surface area contributed by atoms with Crippen LogP contribution in [0.2, 0.25) is 0 Å². The molecule has 0 aliphatic carbocycles. The Kier molecular flexibility index (Phi) is 13.6. The number of benzene rings is 6. The molecule has 8 rings (SSSR count). The topological polar surface area (TPSA) is 0 Å². The Bertz CT molecular complexity index is 2040. The van der Waals surface area contributed by atoms with Crippen LogP contribution in [0, 0.1) is 21.8 Å². The van der Waals surface area contributed by atoms with Gasteiger partial charge in [0.1, 0.15) is 0 Å². The van der Waals surface area contributed by atoms with Gasteiger partial charge in [-0.25, -0.2) is 0 Å².